The third kappa shape index (κ3) is 3.04. The summed E-state index contributed by atoms with van der Waals surface area (Å²) in [6.07, 6.45) is -5.71. The number of amides is 1. The number of carbonyl (C=O) groups excluding carboxylic acids is 1. The van der Waals surface area contributed by atoms with Crippen LogP contribution in [0.5, 0.6) is 5.75 Å². The highest BCUT2D eigenvalue weighted by Crippen LogP contribution is 2.51. The quantitative estimate of drug-likeness (QED) is 0.722. The van der Waals surface area contributed by atoms with E-state index >= 15 is 0 Å². The molecule has 0 bridgehead atoms. The number of piperidine rings is 1. The SMILES string of the molecule is O=C1Nc2c(C(F)(F)F)cccc2[C@@]1(c1ccc(O)cc1)N1CCC(F)(F)CC1. The fraction of sp³-hybridized carbons (Fsp3) is 0.350. The Labute approximate surface area is 162 Å². The summed E-state index contributed by atoms with van der Waals surface area (Å²) in [5.74, 6) is -3.71. The summed E-state index contributed by atoms with van der Waals surface area (Å²) in [5.41, 5.74) is -2.69. The smallest absolute Gasteiger partial charge is 0.418 e. The molecule has 1 fully saturated rings. The molecule has 0 radical (unpaired) electrons. The molecule has 1 atom stereocenters. The van der Waals surface area contributed by atoms with E-state index in [0.717, 1.165) is 6.07 Å². The van der Waals surface area contributed by atoms with Gasteiger partial charge in [-0.2, -0.15) is 13.2 Å². The number of phenolic OH excluding ortho intramolecular Hbond substituents is 1. The Bertz CT molecular complexity index is 948. The number of nitrogens with zero attached hydrogens (tertiary/aromatic N) is 1. The van der Waals surface area contributed by atoms with Crippen molar-refractivity contribution < 1.29 is 31.9 Å². The largest absolute Gasteiger partial charge is 0.508 e. The van der Waals surface area contributed by atoms with Crippen LogP contribution in [0.15, 0.2) is 42.5 Å². The van der Waals surface area contributed by atoms with Crippen molar-refractivity contribution in [3.8, 4) is 5.75 Å². The number of benzene rings is 2. The summed E-state index contributed by atoms with van der Waals surface area (Å²) in [4.78, 5) is 14.7. The molecule has 2 aliphatic rings. The highest BCUT2D eigenvalue weighted by atomic mass is 19.4. The van der Waals surface area contributed by atoms with Gasteiger partial charge in [-0.05, 0) is 23.8 Å². The van der Waals surface area contributed by atoms with Crippen LogP contribution in [-0.4, -0.2) is 34.9 Å². The number of halogens is 5. The summed E-state index contributed by atoms with van der Waals surface area (Å²) in [7, 11) is 0. The molecule has 2 aromatic carbocycles. The number of alkyl halides is 5. The fourth-order valence-corrected chi connectivity index (χ4v) is 4.21. The number of rotatable bonds is 2. The van der Waals surface area contributed by atoms with Crippen molar-refractivity contribution in [2.75, 3.05) is 18.4 Å². The predicted octanol–water partition coefficient (Wildman–Crippen LogP) is 4.34. The maximum Gasteiger partial charge on any atom is 0.418 e. The van der Waals surface area contributed by atoms with Crippen LogP contribution in [0.4, 0.5) is 27.6 Å². The standard InChI is InChI=1S/C20H17F5N2O2/c21-18(22)8-10-27(11-9-18)19(12-4-6-13(28)7-5-12)14-2-1-3-15(20(23,24)25)16(14)26-17(19)29/h1-7,28H,8-11H2,(H,26,29)/t19-/m1/s1. The number of hydrogen-bond acceptors (Lipinski definition) is 3. The molecule has 0 saturated carbocycles. The number of likely N-dealkylation sites (tertiary alicyclic amines) is 1. The zero-order chi connectivity index (χ0) is 21.0. The first-order chi connectivity index (χ1) is 13.6. The average molecular weight is 412 g/mol. The van der Waals surface area contributed by atoms with Crippen molar-refractivity contribution in [3.05, 3.63) is 59.2 Å². The normalized spacial score (nSPS) is 24.2. The molecule has 0 spiro atoms. The van der Waals surface area contributed by atoms with Crippen molar-refractivity contribution in [1.29, 1.82) is 0 Å². The molecule has 4 rings (SSSR count). The number of carbonyl (C=O) groups is 1. The van der Waals surface area contributed by atoms with Gasteiger partial charge < -0.3 is 10.4 Å². The van der Waals surface area contributed by atoms with Crippen molar-refractivity contribution in [2.45, 2.75) is 30.5 Å². The number of anilines is 1. The molecule has 2 N–H and O–H groups in total. The van der Waals surface area contributed by atoms with Crippen LogP contribution in [0, 0.1) is 0 Å². The number of para-hydroxylation sites is 1. The summed E-state index contributed by atoms with van der Waals surface area (Å²) >= 11 is 0. The maximum atomic E-state index is 13.7. The topological polar surface area (TPSA) is 52.6 Å². The lowest BCUT2D eigenvalue weighted by Gasteiger charge is -2.43. The van der Waals surface area contributed by atoms with Gasteiger partial charge >= 0.3 is 6.18 Å². The number of hydrogen-bond donors (Lipinski definition) is 2. The van der Waals surface area contributed by atoms with Crippen molar-refractivity contribution in [2.24, 2.45) is 0 Å². The Morgan fingerprint density at radius 1 is 1.00 bits per heavy atom. The van der Waals surface area contributed by atoms with Crippen LogP contribution in [0.3, 0.4) is 0 Å². The lowest BCUT2D eigenvalue weighted by molar-refractivity contribution is -0.136. The van der Waals surface area contributed by atoms with E-state index in [4.69, 9.17) is 0 Å². The van der Waals surface area contributed by atoms with Crippen LogP contribution < -0.4 is 5.32 Å². The molecular weight excluding hydrogens is 395 g/mol. The highest BCUT2D eigenvalue weighted by molar-refractivity contribution is 6.09. The van der Waals surface area contributed by atoms with Crippen molar-refractivity contribution >= 4 is 11.6 Å². The number of nitrogens with one attached hydrogen (secondary N) is 1. The summed E-state index contributed by atoms with van der Waals surface area (Å²) in [6, 6.07) is 8.96. The predicted molar refractivity (Wildman–Crippen MR) is 94.7 cm³/mol. The van der Waals surface area contributed by atoms with E-state index < -0.39 is 42.0 Å². The van der Waals surface area contributed by atoms with Gasteiger partial charge in [0.15, 0.2) is 5.54 Å². The van der Waals surface area contributed by atoms with Crippen LogP contribution in [0.2, 0.25) is 0 Å². The number of aromatic hydroxyl groups is 1. The van der Waals surface area contributed by atoms with E-state index in [1.54, 1.807) is 0 Å². The molecule has 1 saturated heterocycles. The lowest BCUT2D eigenvalue weighted by atomic mass is 9.80. The molecule has 4 nitrogen and oxygen atoms in total. The minimum Gasteiger partial charge on any atom is -0.508 e. The second-order valence-corrected chi connectivity index (χ2v) is 7.28. The Hall–Kier alpha value is -2.68. The Kier molecular flexibility index (Phi) is 4.34. The molecule has 0 aliphatic carbocycles. The first-order valence-corrected chi connectivity index (χ1v) is 9.00. The van der Waals surface area contributed by atoms with Crippen molar-refractivity contribution in [3.63, 3.8) is 0 Å². The fourth-order valence-electron chi connectivity index (χ4n) is 4.21. The van der Waals surface area contributed by atoms with Gasteiger partial charge in [-0.3, -0.25) is 9.69 Å². The first-order valence-electron chi connectivity index (χ1n) is 9.00. The van der Waals surface area contributed by atoms with E-state index in [1.807, 2.05) is 0 Å². The third-order valence-electron chi connectivity index (χ3n) is 5.58. The Balaban J connectivity index is 1.94. The number of fused-ring (bicyclic) bond motifs is 1. The lowest BCUT2D eigenvalue weighted by Crippen LogP contribution is -2.56. The summed E-state index contributed by atoms with van der Waals surface area (Å²) in [5, 5.41) is 12.0. The zero-order valence-corrected chi connectivity index (χ0v) is 15.1. The van der Waals surface area contributed by atoms with Crippen LogP contribution in [0.1, 0.15) is 29.5 Å². The van der Waals surface area contributed by atoms with Gasteiger partial charge in [0.2, 0.25) is 0 Å². The average Bonchev–Trinajstić information content (AvgIpc) is 2.94. The molecule has 9 heteroatoms. The van der Waals surface area contributed by atoms with Gasteiger partial charge in [0.05, 0.1) is 11.3 Å². The van der Waals surface area contributed by atoms with Gasteiger partial charge in [0.25, 0.3) is 11.8 Å². The minimum atomic E-state index is -4.70. The molecule has 2 aromatic rings. The minimum absolute atomic E-state index is 0.0632. The second-order valence-electron chi connectivity index (χ2n) is 7.28. The van der Waals surface area contributed by atoms with Crippen LogP contribution in [0.25, 0.3) is 0 Å². The Morgan fingerprint density at radius 2 is 1.62 bits per heavy atom. The van der Waals surface area contributed by atoms with Crippen LogP contribution in [-0.2, 0) is 16.5 Å². The van der Waals surface area contributed by atoms with Gasteiger partial charge in [0.1, 0.15) is 5.75 Å². The molecule has 29 heavy (non-hydrogen) atoms. The molecule has 2 heterocycles. The molecule has 2 aliphatic heterocycles. The van der Waals surface area contributed by atoms with Gasteiger partial charge in [-0.15, -0.1) is 0 Å². The second kappa shape index (κ2) is 6.41. The molecule has 0 unspecified atom stereocenters. The van der Waals surface area contributed by atoms with E-state index in [2.05, 4.69) is 5.32 Å². The van der Waals surface area contributed by atoms with Gasteiger partial charge in [-0.25, -0.2) is 8.78 Å². The van der Waals surface area contributed by atoms with E-state index in [1.165, 1.54) is 41.3 Å². The van der Waals surface area contributed by atoms with Crippen molar-refractivity contribution in [1.82, 2.24) is 4.90 Å². The van der Waals surface area contributed by atoms with Gasteiger partial charge in [-0.1, -0.05) is 24.3 Å². The first kappa shape index (κ1) is 19.6. The Morgan fingerprint density at radius 3 is 2.21 bits per heavy atom. The number of phenols is 1. The summed E-state index contributed by atoms with van der Waals surface area (Å²) in [6.45, 7) is -0.339. The third-order valence-corrected chi connectivity index (χ3v) is 5.58. The van der Waals surface area contributed by atoms with E-state index in [-0.39, 0.29) is 30.1 Å². The highest BCUT2D eigenvalue weighted by Gasteiger charge is 2.56. The maximum absolute atomic E-state index is 13.7. The van der Waals surface area contributed by atoms with E-state index in [9.17, 15) is 31.9 Å². The van der Waals surface area contributed by atoms with Crippen LogP contribution >= 0.6 is 0 Å². The summed E-state index contributed by atoms with van der Waals surface area (Å²) < 4.78 is 68.1. The zero-order valence-electron chi connectivity index (χ0n) is 15.1. The monoisotopic (exact) mass is 412 g/mol. The molecular formula is C20H17F5N2O2. The molecule has 0 aromatic heterocycles. The molecule has 1 amide bonds. The van der Waals surface area contributed by atoms with E-state index in [0.29, 0.717) is 5.56 Å². The molecule has 154 valence electrons. The van der Waals surface area contributed by atoms with Gasteiger partial charge in [0, 0.05) is 31.5 Å².